The summed E-state index contributed by atoms with van der Waals surface area (Å²) in [5, 5.41) is 12.7. The first-order valence-electron chi connectivity index (χ1n) is 6.90. The van der Waals surface area contributed by atoms with E-state index in [1.807, 2.05) is 0 Å². The highest BCUT2D eigenvalue weighted by atomic mass is 16.5. The van der Waals surface area contributed by atoms with Gasteiger partial charge < -0.3 is 19.9 Å². The lowest BCUT2D eigenvalue weighted by Crippen LogP contribution is -2.37. The molecule has 0 spiro atoms. The van der Waals surface area contributed by atoms with Crippen LogP contribution in [-0.2, 0) is 9.53 Å². The minimum absolute atomic E-state index is 0.139. The van der Waals surface area contributed by atoms with E-state index < -0.39 is 12.2 Å². The third-order valence-corrected chi connectivity index (χ3v) is 3.03. The van der Waals surface area contributed by atoms with Crippen LogP contribution in [-0.4, -0.2) is 37.4 Å². The first-order valence-corrected chi connectivity index (χ1v) is 6.90. The Kier molecular flexibility index (Phi) is 7.50. The monoisotopic (exact) mass is 293 g/mol. The highest BCUT2D eigenvalue weighted by Crippen LogP contribution is 2.16. The molecular weight excluding hydrogens is 270 g/mol. The molecule has 0 aromatic heterocycles. The molecule has 1 amide bonds. The Hall–Kier alpha value is -1.85. The average molecular weight is 293 g/mol. The van der Waals surface area contributed by atoms with E-state index >= 15 is 0 Å². The van der Waals surface area contributed by atoms with Crippen LogP contribution in [0.2, 0.25) is 0 Å². The van der Waals surface area contributed by atoms with E-state index in [1.165, 1.54) is 0 Å². The van der Waals surface area contributed by atoms with Crippen molar-refractivity contribution in [2.75, 3.05) is 20.3 Å². The standard InChI is InChI=1S/C16H23NO4/c1-4-5-10-21-12(2)16(19)17-11-15(18)13-6-8-14(20-3)9-7-13/h4,6-9,12,15,18H,1,5,10-11H2,2-3H3,(H,17,19). The molecule has 2 N–H and O–H groups in total. The van der Waals surface area contributed by atoms with E-state index in [0.29, 0.717) is 13.0 Å². The Bertz CT molecular complexity index is 444. The van der Waals surface area contributed by atoms with Crippen molar-refractivity contribution in [3.05, 3.63) is 42.5 Å². The first-order chi connectivity index (χ1) is 10.1. The van der Waals surface area contributed by atoms with Crippen molar-refractivity contribution in [2.24, 2.45) is 0 Å². The number of hydrogen-bond donors (Lipinski definition) is 2. The third-order valence-electron chi connectivity index (χ3n) is 3.03. The molecule has 0 aliphatic heterocycles. The van der Waals surface area contributed by atoms with Gasteiger partial charge in [-0.3, -0.25) is 4.79 Å². The molecular formula is C16H23NO4. The van der Waals surface area contributed by atoms with Gasteiger partial charge in [0, 0.05) is 6.54 Å². The highest BCUT2D eigenvalue weighted by Gasteiger charge is 2.15. The van der Waals surface area contributed by atoms with E-state index in [4.69, 9.17) is 9.47 Å². The number of benzene rings is 1. The van der Waals surface area contributed by atoms with Crippen molar-refractivity contribution < 1.29 is 19.4 Å². The maximum Gasteiger partial charge on any atom is 0.248 e. The summed E-state index contributed by atoms with van der Waals surface area (Å²) in [7, 11) is 1.58. The highest BCUT2D eigenvalue weighted by molar-refractivity contribution is 5.80. The van der Waals surface area contributed by atoms with Crippen molar-refractivity contribution in [1.82, 2.24) is 5.32 Å². The van der Waals surface area contributed by atoms with Gasteiger partial charge in [0.25, 0.3) is 0 Å². The normalized spacial score (nSPS) is 13.3. The van der Waals surface area contributed by atoms with Gasteiger partial charge in [-0.15, -0.1) is 6.58 Å². The van der Waals surface area contributed by atoms with Gasteiger partial charge in [-0.25, -0.2) is 0 Å². The number of ether oxygens (including phenoxy) is 2. The van der Waals surface area contributed by atoms with Crippen LogP contribution in [0.5, 0.6) is 5.75 Å². The Balaban J connectivity index is 2.38. The fraction of sp³-hybridized carbons (Fsp3) is 0.438. The molecule has 0 fully saturated rings. The number of rotatable bonds is 9. The number of carbonyl (C=O) groups excluding carboxylic acids is 1. The van der Waals surface area contributed by atoms with Crippen molar-refractivity contribution in [2.45, 2.75) is 25.6 Å². The van der Waals surface area contributed by atoms with Crippen LogP contribution < -0.4 is 10.1 Å². The van der Waals surface area contributed by atoms with Crippen LogP contribution in [0.1, 0.15) is 25.0 Å². The lowest BCUT2D eigenvalue weighted by Gasteiger charge is -2.16. The van der Waals surface area contributed by atoms with Crippen LogP contribution in [0.15, 0.2) is 36.9 Å². The van der Waals surface area contributed by atoms with Crippen molar-refractivity contribution >= 4 is 5.91 Å². The van der Waals surface area contributed by atoms with Gasteiger partial charge in [0.15, 0.2) is 0 Å². The molecule has 0 radical (unpaired) electrons. The predicted molar refractivity (Wildman–Crippen MR) is 81.2 cm³/mol. The van der Waals surface area contributed by atoms with Crippen LogP contribution in [0.3, 0.4) is 0 Å². The van der Waals surface area contributed by atoms with Gasteiger partial charge in [0.05, 0.1) is 19.8 Å². The smallest absolute Gasteiger partial charge is 0.248 e. The zero-order valence-corrected chi connectivity index (χ0v) is 12.5. The summed E-state index contributed by atoms with van der Waals surface area (Å²) >= 11 is 0. The van der Waals surface area contributed by atoms with Crippen molar-refractivity contribution in [3.8, 4) is 5.75 Å². The maximum absolute atomic E-state index is 11.8. The fourth-order valence-corrected chi connectivity index (χ4v) is 1.69. The van der Waals surface area contributed by atoms with Gasteiger partial charge in [0.2, 0.25) is 5.91 Å². The molecule has 0 aliphatic carbocycles. The number of amides is 1. The third kappa shape index (κ3) is 5.97. The molecule has 5 heteroatoms. The number of nitrogens with one attached hydrogen (secondary N) is 1. The van der Waals surface area contributed by atoms with E-state index in [1.54, 1.807) is 44.4 Å². The molecule has 2 unspecified atom stereocenters. The maximum atomic E-state index is 11.8. The van der Waals surface area contributed by atoms with Crippen LogP contribution >= 0.6 is 0 Å². The molecule has 1 aromatic rings. The molecule has 2 atom stereocenters. The molecule has 21 heavy (non-hydrogen) atoms. The lowest BCUT2D eigenvalue weighted by molar-refractivity contribution is -0.132. The minimum Gasteiger partial charge on any atom is -0.497 e. The summed E-state index contributed by atoms with van der Waals surface area (Å²) in [6.07, 6.45) is 1.12. The Morgan fingerprint density at radius 3 is 2.67 bits per heavy atom. The number of methoxy groups -OCH3 is 1. The number of hydrogen-bond acceptors (Lipinski definition) is 4. The minimum atomic E-state index is -0.764. The number of carbonyl (C=O) groups is 1. The van der Waals surface area contributed by atoms with E-state index in [9.17, 15) is 9.90 Å². The zero-order chi connectivity index (χ0) is 15.7. The second kappa shape index (κ2) is 9.15. The summed E-state index contributed by atoms with van der Waals surface area (Å²) in [5.41, 5.74) is 0.719. The van der Waals surface area contributed by atoms with Crippen LogP contribution in [0.4, 0.5) is 0 Å². The Labute approximate surface area is 125 Å². The van der Waals surface area contributed by atoms with Gasteiger partial charge in [-0.1, -0.05) is 18.2 Å². The molecule has 0 aliphatic rings. The number of aliphatic hydroxyl groups excluding tert-OH is 1. The van der Waals surface area contributed by atoms with E-state index in [-0.39, 0.29) is 12.5 Å². The molecule has 0 saturated heterocycles. The second-order valence-corrected chi connectivity index (χ2v) is 4.62. The number of aliphatic hydroxyl groups is 1. The molecule has 0 heterocycles. The SMILES string of the molecule is C=CCCOC(C)C(=O)NCC(O)c1ccc(OC)cc1. The summed E-state index contributed by atoms with van der Waals surface area (Å²) < 4.78 is 10.4. The molecule has 116 valence electrons. The topological polar surface area (TPSA) is 67.8 Å². The predicted octanol–water partition coefficient (Wildman–Crippen LogP) is 1.83. The molecule has 1 aromatic carbocycles. The molecule has 1 rings (SSSR count). The van der Waals surface area contributed by atoms with Crippen LogP contribution in [0.25, 0.3) is 0 Å². The van der Waals surface area contributed by atoms with Gasteiger partial charge >= 0.3 is 0 Å². The zero-order valence-electron chi connectivity index (χ0n) is 12.5. The molecule has 5 nitrogen and oxygen atoms in total. The lowest BCUT2D eigenvalue weighted by atomic mass is 10.1. The summed E-state index contributed by atoms with van der Waals surface area (Å²) in [6, 6.07) is 7.06. The summed E-state index contributed by atoms with van der Waals surface area (Å²) in [4.78, 5) is 11.8. The van der Waals surface area contributed by atoms with Crippen molar-refractivity contribution in [1.29, 1.82) is 0 Å². The van der Waals surface area contributed by atoms with Gasteiger partial charge in [0.1, 0.15) is 11.9 Å². The van der Waals surface area contributed by atoms with E-state index in [2.05, 4.69) is 11.9 Å². The quantitative estimate of drug-likeness (QED) is 0.538. The summed E-state index contributed by atoms with van der Waals surface area (Å²) in [5.74, 6) is 0.478. The molecule has 0 bridgehead atoms. The van der Waals surface area contributed by atoms with Crippen molar-refractivity contribution in [3.63, 3.8) is 0 Å². The average Bonchev–Trinajstić information content (AvgIpc) is 2.52. The van der Waals surface area contributed by atoms with Gasteiger partial charge in [-0.05, 0) is 31.0 Å². The fourth-order valence-electron chi connectivity index (χ4n) is 1.69. The molecule has 0 saturated carbocycles. The Morgan fingerprint density at radius 1 is 1.43 bits per heavy atom. The van der Waals surface area contributed by atoms with Crippen LogP contribution in [0, 0.1) is 0 Å². The summed E-state index contributed by atoms with van der Waals surface area (Å²) in [6.45, 7) is 5.86. The Morgan fingerprint density at radius 2 is 2.10 bits per heavy atom. The second-order valence-electron chi connectivity index (χ2n) is 4.62. The first kappa shape index (κ1) is 17.2. The van der Waals surface area contributed by atoms with Gasteiger partial charge in [-0.2, -0.15) is 0 Å². The largest absolute Gasteiger partial charge is 0.497 e. The van der Waals surface area contributed by atoms with E-state index in [0.717, 1.165) is 11.3 Å².